The fourth-order valence-electron chi connectivity index (χ4n) is 2.22. The van der Waals surface area contributed by atoms with Gasteiger partial charge in [0.25, 0.3) is 0 Å². The number of hydrogen-bond acceptors (Lipinski definition) is 2. The molecule has 1 aromatic heterocycles. The Kier molecular flexibility index (Phi) is 3.49. The number of halogens is 3. The first kappa shape index (κ1) is 14.1. The van der Waals surface area contributed by atoms with E-state index >= 15 is 0 Å². The summed E-state index contributed by atoms with van der Waals surface area (Å²) >= 11 is 0. The Bertz CT molecular complexity index is 642. The van der Waals surface area contributed by atoms with Gasteiger partial charge in [-0.3, -0.25) is 0 Å². The highest BCUT2D eigenvalue weighted by Gasteiger charge is 2.34. The van der Waals surface area contributed by atoms with Crippen molar-refractivity contribution in [3.63, 3.8) is 0 Å². The average Bonchev–Trinajstić information content (AvgIpc) is 3.16. The summed E-state index contributed by atoms with van der Waals surface area (Å²) in [7, 11) is 0. The van der Waals surface area contributed by atoms with E-state index in [0.29, 0.717) is 11.7 Å². The van der Waals surface area contributed by atoms with E-state index in [1.165, 1.54) is 10.7 Å². The predicted molar refractivity (Wildman–Crippen MR) is 73.2 cm³/mol. The number of alkyl halides is 3. The summed E-state index contributed by atoms with van der Waals surface area (Å²) in [5.74, 6) is 0. The van der Waals surface area contributed by atoms with Crippen LogP contribution in [-0.2, 0) is 12.7 Å². The van der Waals surface area contributed by atoms with Gasteiger partial charge in [0.15, 0.2) is 0 Å². The van der Waals surface area contributed by atoms with E-state index in [-0.39, 0.29) is 12.1 Å². The number of hydrogen-bond donors (Lipinski definition) is 1. The quantitative estimate of drug-likeness (QED) is 0.936. The second-order valence-electron chi connectivity index (χ2n) is 5.46. The summed E-state index contributed by atoms with van der Waals surface area (Å²) in [6.45, 7) is 2.10. The molecular formula is C15H16F3N3. The first-order chi connectivity index (χ1) is 9.93. The molecule has 21 heavy (non-hydrogen) atoms. The zero-order valence-electron chi connectivity index (χ0n) is 11.6. The lowest BCUT2D eigenvalue weighted by atomic mass is 10.1. The summed E-state index contributed by atoms with van der Waals surface area (Å²) in [5, 5.41) is 7.18. The molecule has 0 saturated heterocycles. The van der Waals surface area contributed by atoms with Crippen LogP contribution >= 0.6 is 0 Å². The second kappa shape index (κ2) is 5.18. The van der Waals surface area contributed by atoms with Crippen molar-refractivity contribution in [3.05, 3.63) is 47.3 Å². The van der Waals surface area contributed by atoms with Gasteiger partial charge in [-0.2, -0.15) is 18.3 Å². The predicted octanol–water partition coefficient (Wildman–Crippen LogP) is 3.45. The Morgan fingerprint density at radius 2 is 2.10 bits per heavy atom. The van der Waals surface area contributed by atoms with Crippen LogP contribution in [0.3, 0.4) is 0 Å². The molecule has 1 aliphatic rings. The van der Waals surface area contributed by atoms with E-state index in [9.17, 15) is 13.2 Å². The maximum atomic E-state index is 13.2. The topological polar surface area (TPSA) is 29.9 Å². The Morgan fingerprint density at radius 1 is 1.33 bits per heavy atom. The van der Waals surface area contributed by atoms with Crippen LogP contribution in [0.5, 0.6) is 0 Å². The molecule has 1 heterocycles. The van der Waals surface area contributed by atoms with Gasteiger partial charge in [-0.1, -0.05) is 6.07 Å². The fraction of sp³-hybridized carbons (Fsp3) is 0.400. The molecule has 3 rings (SSSR count). The lowest BCUT2D eigenvalue weighted by Gasteiger charge is -2.15. The van der Waals surface area contributed by atoms with Crippen molar-refractivity contribution >= 4 is 0 Å². The molecule has 0 aliphatic heterocycles. The Labute approximate surface area is 120 Å². The minimum absolute atomic E-state index is 0.248. The van der Waals surface area contributed by atoms with E-state index in [4.69, 9.17) is 0 Å². The van der Waals surface area contributed by atoms with E-state index < -0.39 is 11.7 Å². The van der Waals surface area contributed by atoms with Crippen molar-refractivity contribution in [3.8, 4) is 5.69 Å². The lowest BCUT2D eigenvalue weighted by Crippen LogP contribution is -2.19. The van der Waals surface area contributed by atoms with E-state index in [2.05, 4.69) is 10.4 Å². The molecule has 1 aromatic carbocycles. The van der Waals surface area contributed by atoms with Gasteiger partial charge in [-0.15, -0.1) is 0 Å². The molecule has 0 bridgehead atoms. The van der Waals surface area contributed by atoms with Gasteiger partial charge in [0.2, 0.25) is 0 Å². The molecule has 0 amide bonds. The fourth-order valence-corrected chi connectivity index (χ4v) is 2.22. The molecule has 0 spiro atoms. The summed E-state index contributed by atoms with van der Waals surface area (Å²) < 4.78 is 41.2. The third kappa shape index (κ3) is 3.26. The van der Waals surface area contributed by atoms with Crippen molar-refractivity contribution in [2.24, 2.45) is 0 Å². The van der Waals surface area contributed by atoms with Crippen molar-refractivity contribution in [1.29, 1.82) is 0 Å². The second-order valence-corrected chi connectivity index (χ2v) is 5.46. The van der Waals surface area contributed by atoms with Crippen LogP contribution in [0.2, 0.25) is 0 Å². The monoisotopic (exact) mass is 295 g/mol. The number of aromatic nitrogens is 2. The van der Waals surface area contributed by atoms with Crippen LogP contribution in [-0.4, -0.2) is 15.8 Å². The minimum Gasteiger partial charge on any atom is -0.310 e. The summed E-state index contributed by atoms with van der Waals surface area (Å²) in [6.07, 6.45) is 1.06. The summed E-state index contributed by atoms with van der Waals surface area (Å²) in [6, 6.07) is 4.74. The number of nitrogens with zero attached hydrogens (tertiary/aromatic N) is 2. The zero-order chi connectivity index (χ0) is 15.0. The van der Waals surface area contributed by atoms with Crippen molar-refractivity contribution in [2.45, 2.75) is 38.5 Å². The van der Waals surface area contributed by atoms with Gasteiger partial charge < -0.3 is 5.32 Å². The number of rotatable bonds is 4. The summed E-state index contributed by atoms with van der Waals surface area (Å²) in [5.41, 5.74) is 1.01. The van der Waals surface area contributed by atoms with Crippen LogP contribution in [0.15, 0.2) is 30.6 Å². The van der Waals surface area contributed by atoms with Crippen molar-refractivity contribution < 1.29 is 13.2 Å². The lowest BCUT2D eigenvalue weighted by molar-refractivity contribution is -0.138. The Hall–Kier alpha value is -1.82. The van der Waals surface area contributed by atoms with Crippen LogP contribution in [0.4, 0.5) is 13.2 Å². The number of nitrogens with one attached hydrogen (secondary N) is 1. The highest BCUT2D eigenvalue weighted by Crippen LogP contribution is 2.34. The van der Waals surface area contributed by atoms with Gasteiger partial charge >= 0.3 is 6.18 Å². The molecule has 3 nitrogen and oxygen atoms in total. The number of aryl methyl sites for hydroxylation is 1. The SMILES string of the molecule is Cc1cnn(-c2ccc(CNC3CC3)c(C(F)(F)F)c2)c1. The first-order valence-electron chi connectivity index (χ1n) is 6.88. The molecule has 6 heteroatoms. The van der Waals surface area contributed by atoms with Gasteiger partial charge in [-0.05, 0) is 43.0 Å². The van der Waals surface area contributed by atoms with E-state index in [1.54, 1.807) is 18.5 Å². The molecule has 1 N–H and O–H groups in total. The van der Waals surface area contributed by atoms with Crippen LogP contribution < -0.4 is 5.32 Å². The van der Waals surface area contributed by atoms with E-state index in [1.807, 2.05) is 6.92 Å². The van der Waals surface area contributed by atoms with Gasteiger partial charge in [0.05, 0.1) is 17.4 Å². The molecular weight excluding hydrogens is 279 g/mol. The third-order valence-electron chi connectivity index (χ3n) is 3.53. The van der Waals surface area contributed by atoms with Crippen molar-refractivity contribution in [2.75, 3.05) is 0 Å². The van der Waals surface area contributed by atoms with Crippen molar-refractivity contribution in [1.82, 2.24) is 15.1 Å². The molecule has 0 unspecified atom stereocenters. The highest BCUT2D eigenvalue weighted by molar-refractivity contribution is 5.42. The van der Waals surface area contributed by atoms with E-state index in [0.717, 1.165) is 24.5 Å². The summed E-state index contributed by atoms with van der Waals surface area (Å²) in [4.78, 5) is 0. The van der Waals surface area contributed by atoms with Gasteiger partial charge in [0, 0.05) is 18.8 Å². The standard InChI is InChI=1S/C15H16F3N3/c1-10-7-20-21(9-10)13-5-2-11(8-19-12-3-4-12)14(6-13)15(16,17)18/h2,5-7,9,12,19H,3-4,8H2,1H3. The van der Waals surface area contributed by atoms with Crippen LogP contribution in [0, 0.1) is 6.92 Å². The molecule has 112 valence electrons. The molecule has 1 saturated carbocycles. The molecule has 1 fully saturated rings. The minimum atomic E-state index is -4.36. The maximum Gasteiger partial charge on any atom is 0.416 e. The maximum absolute atomic E-state index is 13.2. The van der Waals surface area contributed by atoms with Crippen LogP contribution in [0.25, 0.3) is 5.69 Å². The third-order valence-corrected chi connectivity index (χ3v) is 3.53. The zero-order valence-corrected chi connectivity index (χ0v) is 11.6. The normalized spacial score (nSPS) is 15.4. The molecule has 0 atom stereocenters. The number of benzene rings is 1. The molecule has 1 aliphatic carbocycles. The van der Waals surface area contributed by atoms with Crippen LogP contribution in [0.1, 0.15) is 29.5 Å². The smallest absolute Gasteiger partial charge is 0.310 e. The highest BCUT2D eigenvalue weighted by atomic mass is 19.4. The largest absolute Gasteiger partial charge is 0.416 e. The van der Waals surface area contributed by atoms with Gasteiger partial charge in [0.1, 0.15) is 0 Å². The first-order valence-corrected chi connectivity index (χ1v) is 6.88. The molecule has 0 radical (unpaired) electrons. The Morgan fingerprint density at radius 3 is 2.67 bits per heavy atom. The average molecular weight is 295 g/mol. The van der Waals surface area contributed by atoms with Gasteiger partial charge in [-0.25, -0.2) is 4.68 Å². The Balaban J connectivity index is 1.93. The molecule has 2 aromatic rings.